The van der Waals surface area contributed by atoms with Gasteiger partial charge >= 0.3 is 6.18 Å². The molecule has 0 aliphatic carbocycles. The number of hydrogen-bond donors (Lipinski definition) is 1. The van der Waals surface area contributed by atoms with Crippen LogP contribution in [0.3, 0.4) is 0 Å². The zero-order valence-electron chi connectivity index (χ0n) is 19.3. The van der Waals surface area contributed by atoms with Gasteiger partial charge in [-0.2, -0.15) is 13.2 Å². The summed E-state index contributed by atoms with van der Waals surface area (Å²) in [5.74, 6) is -0.193. The third kappa shape index (κ3) is 5.11. The molecule has 0 unspecified atom stereocenters. The van der Waals surface area contributed by atoms with Crippen LogP contribution < -0.4 is 5.32 Å². The number of benzene rings is 3. The van der Waals surface area contributed by atoms with Crippen molar-refractivity contribution in [2.75, 3.05) is 11.9 Å². The predicted octanol–water partition coefficient (Wildman–Crippen LogP) is 6.56. The van der Waals surface area contributed by atoms with Crippen LogP contribution in [0.2, 0.25) is 0 Å². The molecule has 0 bridgehead atoms. The highest BCUT2D eigenvalue weighted by Gasteiger charge is 2.31. The van der Waals surface area contributed by atoms with Gasteiger partial charge in [0.2, 0.25) is 0 Å². The summed E-state index contributed by atoms with van der Waals surface area (Å²) in [6.45, 7) is 0.649. The Morgan fingerprint density at radius 1 is 0.919 bits per heavy atom. The molecule has 0 radical (unpaired) electrons. The lowest BCUT2D eigenvalue weighted by atomic mass is 10.1. The van der Waals surface area contributed by atoms with E-state index in [9.17, 15) is 27.2 Å². The highest BCUT2D eigenvalue weighted by molar-refractivity contribution is 6.04. The average molecular weight is 508 g/mol. The van der Waals surface area contributed by atoms with Crippen molar-refractivity contribution in [3.63, 3.8) is 0 Å². The van der Waals surface area contributed by atoms with Gasteiger partial charge in [0.15, 0.2) is 0 Å². The smallest absolute Gasteiger partial charge is 0.416 e. The molecule has 5 nitrogen and oxygen atoms in total. The monoisotopic (exact) mass is 508 g/mol. The number of amides is 2. The van der Waals surface area contributed by atoms with E-state index in [1.165, 1.54) is 30.3 Å². The van der Waals surface area contributed by atoms with Crippen LogP contribution in [-0.4, -0.2) is 23.3 Å². The summed E-state index contributed by atoms with van der Waals surface area (Å²) < 4.78 is 58.2. The van der Waals surface area contributed by atoms with Gasteiger partial charge in [-0.1, -0.05) is 12.1 Å². The van der Waals surface area contributed by atoms with Crippen molar-refractivity contribution in [1.82, 2.24) is 4.90 Å². The van der Waals surface area contributed by atoms with Crippen LogP contribution in [0.1, 0.15) is 37.6 Å². The molecule has 1 N–H and O–H groups in total. The number of rotatable bonds is 4. The van der Waals surface area contributed by atoms with Crippen molar-refractivity contribution < 1.29 is 31.6 Å². The molecule has 9 heteroatoms. The number of nitrogens with one attached hydrogen (secondary N) is 1. The van der Waals surface area contributed by atoms with Gasteiger partial charge in [-0.05, 0) is 66.7 Å². The lowest BCUT2D eigenvalue weighted by Gasteiger charge is -2.26. The van der Waals surface area contributed by atoms with Crippen molar-refractivity contribution in [1.29, 1.82) is 0 Å². The fourth-order valence-corrected chi connectivity index (χ4v) is 4.19. The van der Waals surface area contributed by atoms with E-state index >= 15 is 0 Å². The number of nitrogens with zero attached hydrogens (tertiary/aromatic N) is 1. The van der Waals surface area contributed by atoms with E-state index in [0.29, 0.717) is 24.4 Å². The maximum Gasteiger partial charge on any atom is 0.416 e. The molecule has 37 heavy (non-hydrogen) atoms. The first-order valence-electron chi connectivity index (χ1n) is 11.4. The Hall–Kier alpha value is -4.40. The maximum atomic E-state index is 13.8. The van der Waals surface area contributed by atoms with E-state index in [2.05, 4.69) is 5.32 Å². The van der Waals surface area contributed by atoms with E-state index in [0.717, 1.165) is 29.0 Å². The number of carbonyl (C=O) groups is 2. The minimum Gasteiger partial charge on any atom is -0.461 e. The van der Waals surface area contributed by atoms with Crippen molar-refractivity contribution >= 4 is 17.5 Å². The topological polar surface area (TPSA) is 62.6 Å². The highest BCUT2D eigenvalue weighted by Crippen LogP contribution is 2.32. The average Bonchev–Trinajstić information content (AvgIpc) is 3.32. The Morgan fingerprint density at radius 2 is 1.62 bits per heavy atom. The highest BCUT2D eigenvalue weighted by atomic mass is 19.4. The summed E-state index contributed by atoms with van der Waals surface area (Å²) in [5, 5.41) is 2.66. The van der Waals surface area contributed by atoms with Crippen LogP contribution in [0.5, 0.6) is 0 Å². The number of carbonyl (C=O) groups excluding carboxylic acids is 2. The van der Waals surface area contributed by atoms with E-state index in [1.807, 2.05) is 6.07 Å². The first-order chi connectivity index (χ1) is 17.7. The largest absolute Gasteiger partial charge is 0.461 e. The summed E-state index contributed by atoms with van der Waals surface area (Å²) in [4.78, 5) is 26.7. The number of halogens is 4. The van der Waals surface area contributed by atoms with E-state index in [4.69, 9.17) is 4.42 Å². The van der Waals surface area contributed by atoms with Gasteiger partial charge in [-0.3, -0.25) is 9.59 Å². The van der Waals surface area contributed by atoms with Crippen LogP contribution in [0.25, 0.3) is 11.3 Å². The quantitative estimate of drug-likeness (QED) is 0.318. The predicted molar refractivity (Wildman–Crippen MR) is 128 cm³/mol. The molecular weight excluding hydrogens is 488 g/mol. The Balaban J connectivity index is 1.26. The zero-order valence-corrected chi connectivity index (χ0v) is 19.3. The first kappa shape index (κ1) is 24.3. The number of anilines is 1. The van der Waals surface area contributed by atoms with Crippen LogP contribution >= 0.6 is 0 Å². The zero-order chi connectivity index (χ0) is 26.2. The molecule has 1 aliphatic rings. The van der Waals surface area contributed by atoms with Gasteiger partial charge < -0.3 is 14.6 Å². The van der Waals surface area contributed by atoms with Gasteiger partial charge in [-0.15, -0.1) is 0 Å². The molecule has 1 aliphatic heterocycles. The van der Waals surface area contributed by atoms with Crippen LogP contribution in [-0.2, 0) is 19.1 Å². The fraction of sp³-hybridized carbons (Fsp3) is 0.143. The standard InChI is InChI=1S/C28H20F4N2O3/c29-23-4-2-1-3-22(23)26(35)33-21-11-7-17(8-12-21)25-15-19-16-34(14-13-24(19)37-25)27(36)18-5-9-20(10-6-18)28(30,31)32/h1-12,15H,13-14,16H2,(H,33,35). The Kier molecular flexibility index (Phi) is 6.29. The Bertz CT molecular complexity index is 1460. The number of fused-ring (bicyclic) bond motifs is 1. The molecule has 1 aromatic heterocycles. The van der Waals surface area contributed by atoms with Crippen molar-refractivity contribution in [2.45, 2.75) is 19.1 Å². The first-order valence-corrected chi connectivity index (χ1v) is 11.4. The Morgan fingerprint density at radius 3 is 2.30 bits per heavy atom. The number of furan rings is 1. The molecule has 4 aromatic rings. The molecule has 188 valence electrons. The van der Waals surface area contributed by atoms with Crippen molar-refractivity contribution in [3.05, 3.63) is 113 Å². The van der Waals surface area contributed by atoms with Crippen molar-refractivity contribution in [2.24, 2.45) is 0 Å². The van der Waals surface area contributed by atoms with Gasteiger partial charge in [0.1, 0.15) is 17.3 Å². The summed E-state index contributed by atoms with van der Waals surface area (Å²) in [5.41, 5.74) is 1.38. The second-order valence-corrected chi connectivity index (χ2v) is 8.62. The molecule has 0 spiro atoms. The van der Waals surface area contributed by atoms with Crippen LogP contribution in [0.15, 0.2) is 83.3 Å². The molecule has 3 aromatic carbocycles. The number of hydrogen-bond acceptors (Lipinski definition) is 3. The Labute approximate surface area is 209 Å². The molecular formula is C28H20F4N2O3. The SMILES string of the molecule is O=C(Nc1ccc(-c2cc3c(o2)CCN(C(=O)c2ccc(C(F)(F)F)cc2)C3)cc1)c1ccccc1F. The van der Waals surface area contributed by atoms with Crippen LogP contribution in [0, 0.1) is 5.82 Å². The van der Waals surface area contributed by atoms with E-state index in [1.54, 1.807) is 35.2 Å². The van der Waals surface area contributed by atoms with Crippen LogP contribution in [0.4, 0.5) is 23.2 Å². The van der Waals surface area contributed by atoms with Gasteiger partial charge in [0.05, 0.1) is 11.1 Å². The summed E-state index contributed by atoms with van der Waals surface area (Å²) in [7, 11) is 0. The summed E-state index contributed by atoms with van der Waals surface area (Å²) in [6.07, 6.45) is -3.99. The van der Waals surface area contributed by atoms with Crippen molar-refractivity contribution in [3.8, 4) is 11.3 Å². The minimum atomic E-state index is -4.46. The second kappa shape index (κ2) is 9.57. The third-order valence-corrected chi connectivity index (χ3v) is 6.16. The molecule has 2 amide bonds. The molecule has 5 rings (SSSR count). The lowest BCUT2D eigenvalue weighted by Crippen LogP contribution is -2.35. The molecule has 0 saturated carbocycles. The minimum absolute atomic E-state index is 0.0549. The van der Waals surface area contributed by atoms with Gasteiger partial charge in [0.25, 0.3) is 11.8 Å². The van der Waals surface area contributed by atoms with Gasteiger partial charge in [-0.25, -0.2) is 4.39 Å². The maximum absolute atomic E-state index is 13.8. The van der Waals surface area contributed by atoms with E-state index in [-0.39, 0.29) is 23.6 Å². The van der Waals surface area contributed by atoms with Gasteiger partial charge in [0, 0.05) is 41.9 Å². The summed E-state index contributed by atoms with van der Waals surface area (Å²) >= 11 is 0. The fourth-order valence-electron chi connectivity index (χ4n) is 4.19. The normalized spacial score (nSPS) is 13.2. The number of alkyl halides is 3. The molecule has 0 fully saturated rings. The lowest BCUT2D eigenvalue weighted by molar-refractivity contribution is -0.137. The molecule has 0 saturated heterocycles. The third-order valence-electron chi connectivity index (χ3n) is 6.16. The summed E-state index contributed by atoms with van der Waals surface area (Å²) in [6, 6.07) is 18.6. The van der Waals surface area contributed by atoms with E-state index < -0.39 is 23.5 Å². The molecule has 0 atom stereocenters. The molecule has 2 heterocycles. The second-order valence-electron chi connectivity index (χ2n) is 8.62.